The molecule has 1 heterocycles. The highest BCUT2D eigenvalue weighted by Gasteiger charge is 2.28. The van der Waals surface area contributed by atoms with Gasteiger partial charge < -0.3 is 15.0 Å². The summed E-state index contributed by atoms with van der Waals surface area (Å²) >= 11 is 0. The van der Waals surface area contributed by atoms with Gasteiger partial charge in [-0.3, -0.25) is 4.79 Å². The van der Waals surface area contributed by atoms with Crippen molar-refractivity contribution in [3.63, 3.8) is 0 Å². The number of ether oxygens (including phenoxy) is 1. The van der Waals surface area contributed by atoms with E-state index in [1.807, 2.05) is 18.9 Å². The highest BCUT2D eigenvalue weighted by atomic mass is 16.5. The summed E-state index contributed by atoms with van der Waals surface area (Å²) in [7, 11) is 1.89. The third kappa shape index (κ3) is 2.42. The van der Waals surface area contributed by atoms with Crippen LogP contribution in [0.5, 0.6) is 0 Å². The van der Waals surface area contributed by atoms with Crippen molar-refractivity contribution in [1.82, 2.24) is 10.2 Å². The molecule has 0 aromatic carbocycles. The lowest BCUT2D eigenvalue weighted by molar-refractivity contribution is -0.150. The minimum absolute atomic E-state index is 0.0986. The largest absolute Gasteiger partial charge is 0.370 e. The molecule has 1 rings (SSSR count). The molecule has 1 aliphatic rings. The third-order valence-electron chi connectivity index (χ3n) is 2.32. The van der Waals surface area contributed by atoms with Gasteiger partial charge in [-0.2, -0.15) is 0 Å². The first-order chi connectivity index (χ1) is 6.16. The molecule has 1 saturated heterocycles. The molecular weight excluding hydrogens is 168 g/mol. The average molecular weight is 186 g/mol. The predicted octanol–water partition coefficient (Wildman–Crippen LogP) is -0.158. The van der Waals surface area contributed by atoms with E-state index >= 15 is 0 Å². The molecular formula is C9H18N2O2. The summed E-state index contributed by atoms with van der Waals surface area (Å²) in [5.41, 5.74) is 0. The van der Waals surface area contributed by atoms with Crippen molar-refractivity contribution < 1.29 is 9.53 Å². The molecule has 13 heavy (non-hydrogen) atoms. The van der Waals surface area contributed by atoms with Gasteiger partial charge in [0.1, 0.15) is 6.61 Å². The number of carbonyl (C=O) groups is 1. The normalized spacial score (nSPS) is 26.2. The number of nitrogens with one attached hydrogen (secondary N) is 1. The fourth-order valence-electron chi connectivity index (χ4n) is 1.79. The first-order valence-corrected chi connectivity index (χ1v) is 4.70. The molecule has 1 fully saturated rings. The standard InChI is InChI=1S/C9H18N2O2/c1-7(4-10-3)11-8(2)5-13-6-9(11)12/h7-8,10H,4-6H2,1-3H3. The van der Waals surface area contributed by atoms with Crippen molar-refractivity contribution >= 4 is 5.91 Å². The van der Waals surface area contributed by atoms with Crippen molar-refractivity contribution in [2.24, 2.45) is 0 Å². The Morgan fingerprint density at radius 1 is 1.77 bits per heavy atom. The van der Waals surface area contributed by atoms with Crippen LogP contribution in [0.25, 0.3) is 0 Å². The van der Waals surface area contributed by atoms with Gasteiger partial charge in [0.25, 0.3) is 0 Å². The molecule has 0 bridgehead atoms. The first kappa shape index (κ1) is 10.5. The Hall–Kier alpha value is -0.610. The van der Waals surface area contributed by atoms with Crippen LogP contribution in [0.1, 0.15) is 13.8 Å². The Morgan fingerprint density at radius 2 is 2.46 bits per heavy atom. The maximum absolute atomic E-state index is 11.5. The number of likely N-dealkylation sites (N-methyl/N-ethyl adjacent to an activating group) is 1. The Bertz CT molecular complexity index is 184. The van der Waals surface area contributed by atoms with Crippen LogP contribution in [-0.4, -0.2) is 49.7 Å². The van der Waals surface area contributed by atoms with Crippen LogP contribution < -0.4 is 5.32 Å². The molecule has 0 radical (unpaired) electrons. The van der Waals surface area contributed by atoms with Crippen molar-refractivity contribution in [2.45, 2.75) is 25.9 Å². The summed E-state index contributed by atoms with van der Waals surface area (Å²) in [4.78, 5) is 13.4. The minimum Gasteiger partial charge on any atom is -0.370 e. The van der Waals surface area contributed by atoms with E-state index in [-0.39, 0.29) is 24.6 Å². The number of hydrogen-bond donors (Lipinski definition) is 1. The second-order valence-electron chi connectivity index (χ2n) is 3.57. The van der Waals surface area contributed by atoms with Crippen LogP contribution in [0, 0.1) is 0 Å². The maximum atomic E-state index is 11.5. The zero-order chi connectivity index (χ0) is 9.84. The molecule has 1 N–H and O–H groups in total. The predicted molar refractivity (Wildman–Crippen MR) is 50.5 cm³/mol. The van der Waals surface area contributed by atoms with Gasteiger partial charge in [0.2, 0.25) is 5.91 Å². The van der Waals surface area contributed by atoms with Crippen LogP contribution in [0.4, 0.5) is 0 Å². The van der Waals surface area contributed by atoms with Crippen LogP contribution in [0.3, 0.4) is 0 Å². The Morgan fingerprint density at radius 3 is 3.00 bits per heavy atom. The van der Waals surface area contributed by atoms with E-state index in [4.69, 9.17) is 4.74 Å². The van der Waals surface area contributed by atoms with Crippen LogP contribution in [-0.2, 0) is 9.53 Å². The summed E-state index contributed by atoms with van der Waals surface area (Å²) in [5, 5.41) is 3.07. The molecule has 0 saturated carbocycles. The molecule has 0 aromatic rings. The molecule has 1 aliphatic heterocycles. The van der Waals surface area contributed by atoms with E-state index < -0.39 is 0 Å². The van der Waals surface area contributed by atoms with E-state index in [1.54, 1.807) is 0 Å². The van der Waals surface area contributed by atoms with Gasteiger partial charge in [-0.25, -0.2) is 0 Å². The van der Waals surface area contributed by atoms with E-state index in [9.17, 15) is 4.79 Å². The van der Waals surface area contributed by atoms with Crippen molar-refractivity contribution in [3.05, 3.63) is 0 Å². The number of hydrogen-bond acceptors (Lipinski definition) is 3. The number of amides is 1. The molecule has 2 atom stereocenters. The summed E-state index contributed by atoms with van der Waals surface area (Å²) < 4.78 is 5.14. The fourth-order valence-corrected chi connectivity index (χ4v) is 1.79. The second kappa shape index (κ2) is 4.58. The fraction of sp³-hybridized carbons (Fsp3) is 0.889. The number of carbonyl (C=O) groups excluding carboxylic acids is 1. The van der Waals surface area contributed by atoms with Gasteiger partial charge in [0, 0.05) is 12.6 Å². The Balaban J connectivity index is 2.57. The van der Waals surface area contributed by atoms with E-state index in [1.165, 1.54) is 0 Å². The quantitative estimate of drug-likeness (QED) is 0.666. The van der Waals surface area contributed by atoms with Gasteiger partial charge in [-0.15, -0.1) is 0 Å². The van der Waals surface area contributed by atoms with Gasteiger partial charge in [-0.1, -0.05) is 0 Å². The molecule has 0 aromatic heterocycles. The SMILES string of the molecule is CNCC(C)N1C(=O)COCC1C. The lowest BCUT2D eigenvalue weighted by atomic mass is 10.2. The van der Waals surface area contributed by atoms with Crippen LogP contribution in [0.2, 0.25) is 0 Å². The maximum Gasteiger partial charge on any atom is 0.249 e. The molecule has 1 amide bonds. The summed E-state index contributed by atoms with van der Waals surface area (Å²) in [6, 6.07) is 0.445. The lowest BCUT2D eigenvalue weighted by Gasteiger charge is -2.37. The number of morpholine rings is 1. The van der Waals surface area contributed by atoms with Gasteiger partial charge in [0.05, 0.1) is 12.6 Å². The summed E-state index contributed by atoms with van der Waals surface area (Å²) in [6.45, 7) is 5.79. The summed E-state index contributed by atoms with van der Waals surface area (Å²) in [6.07, 6.45) is 0. The first-order valence-electron chi connectivity index (χ1n) is 4.70. The lowest BCUT2D eigenvalue weighted by Crippen LogP contribution is -2.54. The Kier molecular flexibility index (Phi) is 3.69. The Labute approximate surface area is 79.2 Å². The molecule has 76 valence electrons. The van der Waals surface area contributed by atoms with Crippen LogP contribution in [0.15, 0.2) is 0 Å². The topological polar surface area (TPSA) is 41.6 Å². The molecule has 2 unspecified atom stereocenters. The molecule has 0 aliphatic carbocycles. The van der Waals surface area contributed by atoms with E-state index in [2.05, 4.69) is 12.2 Å². The van der Waals surface area contributed by atoms with Crippen molar-refractivity contribution in [1.29, 1.82) is 0 Å². The molecule has 4 nitrogen and oxygen atoms in total. The highest BCUT2D eigenvalue weighted by molar-refractivity contribution is 5.78. The summed E-state index contributed by atoms with van der Waals surface area (Å²) in [5.74, 6) is 0.0986. The highest BCUT2D eigenvalue weighted by Crippen LogP contribution is 2.11. The van der Waals surface area contributed by atoms with Gasteiger partial charge in [-0.05, 0) is 20.9 Å². The smallest absolute Gasteiger partial charge is 0.249 e. The number of nitrogens with zero attached hydrogens (tertiary/aromatic N) is 1. The molecule has 0 spiro atoms. The average Bonchev–Trinajstić information content (AvgIpc) is 2.04. The number of rotatable bonds is 3. The van der Waals surface area contributed by atoms with Gasteiger partial charge in [0.15, 0.2) is 0 Å². The third-order valence-corrected chi connectivity index (χ3v) is 2.32. The zero-order valence-corrected chi connectivity index (χ0v) is 8.54. The van der Waals surface area contributed by atoms with E-state index in [0.717, 1.165) is 6.54 Å². The van der Waals surface area contributed by atoms with Crippen LogP contribution >= 0.6 is 0 Å². The van der Waals surface area contributed by atoms with Crippen molar-refractivity contribution in [2.75, 3.05) is 26.8 Å². The van der Waals surface area contributed by atoms with Gasteiger partial charge >= 0.3 is 0 Å². The zero-order valence-electron chi connectivity index (χ0n) is 8.54. The van der Waals surface area contributed by atoms with Crippen molar-refractivity contribution in [3.8, 4) is 0 Å². The minimum atomic E-state index is 0.0986. The second-order valence-corrected chi connectivity index (χ2v) is 3.57. The monoisotopic (exact) mass is 186 g/mol. The van der Waals surface area contributed by atoms with E-state index in [0.29, 0.717) is 6.61 Å². The molecule has 4 heteroatoms.